The van der Waals surface area contributed by atoms with Crippen LogP contribution >= 0.6 is 11.6 Å². The van der Waals surface area contributed by atoms with E-state index in [0.717, 1.165) is 43.0 Å². The van der Waals surface area contributed by atoms with Crippen molar-refractivity contribution < 1.29 is 4.74 Å². The molecular formula is C15H24ClNO. The summed E-state index contributed by atoms with van der Waals surface area (Å²) in [5.74, 6) is 0. The summed E-state index contributed by atoms with van der Waals surface area (Å²) in [6.07, 6.45) is 3.23. The van der Waals surface area contributed by atoms with Crippen LogP contribution < -0.4 is 5.32 Å². The summed E-state index contributed by atoms with van der Waals surface area (Å²) in [7, 11) is 1.74. The quantitative estimate of drug-likeness (QED) is 0.717. The number of hydrogen-bond donors (Lipinski definition) is 1. The molecule has 102 valence electrons. The summed E-state index contributed by atoms with van der Waals surface area (Å²) in [6.45, 7) is 6.05. The van der Waals surface area contributed by atoms with Crippen molar-refractivity contribution in [2.45, 2.75) is 39.2 Å². The molecule has 0 radical (unpaired) electrons. The van der Waals surface area contributed by atoms with Gasteiger partial charge in [0, 0.05) is 24.8 Å². The maximum absolute atomic E-state index is 6.41. The van der Waals surface area contributed by atoms with Gasteiger partial charge in [-0.25, -0.2) is 0 Å². The lowest BCUT2D eigenvalue weighted by Crippen LogP contribution is -2.23. The van der Waals surface area contributed by atoms with Crippen molar-refractivity contribution in [3.8, 4) is 0 Å². The van der Waals surface area contributed by atoms with Crippen LogP contribution in [-0.4, -0.2) is 20.3 Å². The van der Waals surface area contributed by atoms with Gasteiger partial charge in [0.15, 0.2) is 0 Å². The van der Waals surface area contributed by atoms with Gasteiger partial charge in [-0.3, -0.25) is 0 Å². The number of nitrogens with one attached hydrogen (secondary N) is 1. The van der Waals surface area contributed by atoms with E-state index in [9.17, 15) is 0 Å². The van der Waals surface area contributed by atoms with Crippen LogP contribution in [0.3, 0.4) is 0 Å². The fourth-order valence-electron chi connectivity index (χ4n) is 2.06. The molecule has 1 aromatic carbocycles. The van der Waals surface area contributed by atoms with Crippen LogP contribution in [0.4, 0.5) is 0 Å². The van der Waals surface area contributed by atoms with E-state index >= 15 is 0 Å². The number of ether oxygens (including phenoxy) is 1. The predicted octanol–water partition coefficient (Wildman–Crippen LogP) is 4.12. The van der Waals surface area contributed by atoms with Crippen molar-refractivity contribution >= 4 is 11.6 Å². The Bertz CT molecular complexity index is 354. The SMILES string of the molecule is CCCNC(CCCOC)c1cccc(C)c1Cl. The third kappa shape index (κ3) is 4.60. The van der Waals surface area contributed by atoms with Gasteiger partial charge in [-0.15, -0.1) is 0 Å². The zero-order valence-electron chi connectivity index (χ0n) is 11.6. The standard InChI is InChI=1S/C15H24ClNO/c1-4-10-17-14(9-6-11-18-3)13-8-5-7-12(2)15(13)16/h5,7-8,14,17H,4,6,9-11H2,1-3H3. The minimum Gasteiger partial charge on any atom is -0.385 e. The molecule has 0 aromatic heterocycles. The van der Waals surface area contributed by atoms with E-state index in [-0.39, 0.29) is 0 Å². The van der Waals surface area contributed by atoms with Crippen LogP contribution in [0.15, 0.2) is 18.2 Å². The second kappa shape index (κ2) is 8.52. The zero-order chi connectivity index (χ0) is 13.4. The summed E-state index contributed by atoms with van der Waals surface area (Å²) in [5.41, 5.74) is 2.35. The summed E-state index contributed by atoms with van der Waals surface area (Å²) < 4.78 is 5.13. The Morgan fingerprint density at radius 3 is 2.83 bits per heavy atom. The summed E-state index contributed by atoms with van der Waals surface area (Å²) >= 11 is 6.41. The molecule has 0 aliphatic heterocycles. The first-order chi connectivity index (χ1) is 8.70. The summed E-state index contributed by atoms with van der Waals surface area (Å²) in [5, 5.41) is 4.46. The van der Waals surface area contributed by atoms with Crippen LogP contribution in [0.5, 0.6) is 0 Å². The monoisotopic (exact) mass is 269 g/mol. The fourth-order valence-corrected chi connectivity index (χ4v) is 2.31. The predicted molar refractivity (Wildman–Crippen MR) is 78.3 cm³/mol. The normalized spacial score (nSPS) is 12.7. The fraction of sp³-hybridized carbons (Fsp3) is 0.600. The van der Waals surface area contributed by atoms with Crippen LogP contribution in [0, 0.1) is 6.92 Å². The zero-order valence-corrected chi connectivity index (χ0v) is 12.4. The maximum atomic E-state index is 6.41. The van der Waals surface area contributed by atoms with Gasteiger partial charge < -0.3 is 10.1 Å². The highest BCUT2D eigenvalue weighted by Gasteiger charge is 2.14. The molecular weight excluding hydrogens is 246 g/mol. The van der Waals surface area contributed by atoms with Crippen molar-refractivity contribution in [1.82, 2.24) is 5.32 Å². The molecule has 0 saturated heterocycles. The smallest absolute Gasteiger partial charge is 0.0482 e. The van der Waals surface area contributed by atoms with Crippen LogP contribution in [0.2, 0.25) is 5.02 Å². The number of benzene rings is 1. The van der Waals surface area contributed by atoms with Gasteiger partial charge in [0.2, 0.25) is 0 Å². The van der Waals surface area contributed by atoms with E-state index in [2.05, 4.69) is 37.4 Å². The van der Waals surface area contributed by atoms with Crippen LogP contribution in [0.25, 0.3) is 0 Å². The molecule has 0 amide bonds. The minimum absolute atomic E-state index is 0.326. The van der Waals surface area contributed by atoms with Gasteiger partial charge >= 0.3 is 0 Å². The molecule has 1 unspecified atom stereocenters. The first kappa shape index (κ1) is 15.5. The number of hydrogen-bond acceptors (Lipinski definition) is 2. The average Bonchev–Trinajstić information content (AvgIpc) is 2.37. The molecule has 0 fully saturated rings. The van der Waals surface area contributed by atoms with Gasteiger partial charge in [0.25, 0.3) is 0 Å². The Hall–Kier alpha value is -0.570. The summed E-state index contributed by atoms with van der Waals surface area (Å²) in [6, 6.07) is 6.58. The van der Waals surface area contributed by atoms with Gasteiger partial charge in [-0.2, -0.15) is 0 Å². The number of aryl methyl sites for hydroxylation is 1. The lowest BCUT2D eigenvalue weighted by atomic mass is 10.00. The van der Waals surface area contributed by atoms with Crippen molar-refractivity contribution in [3.05, 3.63) is 34.3 Å². The van der Waals surface area contributed by atoms with Crippen molar-refractivity contribution in [2.24, 2.45) is 0 Å². The highest BCUT2D eigenvalue weighted by atomic mass is 35.5. The van der Waals surface area contributed by atoms with Gasteiger partial charge in [0.1, 0.15) is 0 Å². The Kier molecular flexibility index (Phi) is 7.33. The molecule has 1 atom stereocenters. The molecule has 0 bridgehead atoms. The Morgan fingerprint density at radius 1 is 1.39 bits per heavy atom. The van der Waals surface area contributed by atoms with E-state index < -0.39 is 0 Å². The molecule has 3 heteroatoms. The third-order valence-electron chi connectivity index (χ3n) is 3.08. The van der Waals surface area contributed by atoms with E-state index in [1.54, 1.807) is 7.11 Å². The van der Waals surface area contributed by atoms with Crippen molar-refractivity contribution in [2.75, 3.05) is 20.3 Å². The largest absolute Gasteiger partial charge is 0.385 e. The van der Waals surface area contributed by atoms with E-state index in [0.29, 0.717) is 6.04 Å². The first-order valence-corrected chi connectivity index (χ1v) is 7.05. The highest BCUT2D eigenvalue weighted by Crippen LogP contribution is 2.28. The number of halogens is 1. The van der Waals surface area contributed by atoms with Gasteiger partial charge in [-0.1, -0.05) is 36.7 Å². The molecule has 1 N–H and O–H groups in total. The maximum Gasteiger partial charge on any atom is 0.0482 e. The Balaban J connectivity index is 2.76. The number of rotatable bonds is 8. The van der Waals surface area contributed by atoms with E-state index in [4.69, 9.17) is 16.3 Å². The van der Waals surface area contributed by atoms with E-state index in [1.807, 2.05) is 0 Å². The second-order valence-electron chi connectivity index (χ2n) is 4.62. The molecule has 0 aliphatic carbocycles. The second-order valence-corrected chi connectivity index (χ2v) is 5.00. The Labute approximate surface area is 116 Å². The molecule has 2 nitrogen and oxygen atoms in total. The van der Waals surface area contributed by atoms with Gasteiger partial charge in [-0.05, 0) is 43.9 Å². The lowest BCUT2D eigenvalue weighted by molar-refractivity contribution is 0.188. The molecule has 0 aliphatic rings. The van der Waals surface area contributed by atoms with Crippen LogP contribution in [-0.2, 0) is 4.74 Å². The molecule has 0 heterocycles. The van der Waals surface area contributed by atoms with Crippen molar-refractivity contribution in [1.29, 1.82) is 0 Å². The Morgan fingerprint density at radius 2 is 2.17 bits per heavy atom. The number of methoxy groups -OCH3 is 1. The third-order valence-corrected chi connectivity index (χ3v) is 3.60. The summed E-state index contributed by atoms with van der Waals surface area (Å²) in [4.78, 5) is 0. The topological polar surface area (TPSA) is 21.3 Å². The molecule has 1 aromatic rings. The van der Waals surface area contributed by atoms with Crippen molar-refractivity contribution in [3.63, 3.8) is 0 Å². The molecule has 1 rings (SSSR count). The van der Waals surface area contributed by atoms with Crippen LogP contribution in [0.1, 0.15) is 43.4 Å². The minimum atomic E-state index is 0.326. The first-order valence-electron chi connectivity index (χ1n) is 6.68. The van der Waals surface area contributed by atoms with E-state index in [1.165, 1.54) is 5.56 Å². The lowest BCUT2D eigenvalue weighted by Gasteiger charge is -2.21. The van der Waals surface area contributed by atoms with Gasteiger partial charge in [0.05, 0.1) is 0 Å². The molecule has 0 saturated carbocycles. The molecule has 0 spiro atoms. The average molecular weight is 270 g/mol. The molecule has 18 heavy (non-hydrogen) atoms. The highest BCUT2D eigenvalue weighted by molar-refractivity contribution is 6.32.